The normalized spacial score (nSPS) is 11.1. The van der Waals surface area contributed by atoms with E-state index in [2.05, 4.69) is 38.7 Å². The predicted octanol–water partition coefficient (Wildman–Crippen LogP) is 3.21. The second-order valence-corrected chi connectivity index (χ2v) is 6.37. The largest absolute Gasteiger partial charge is 0.459 e. The lowest BCUT2D eigenvalue weighted by atomic mass is 10.1. The Labute approximate surface area is 147 Å². The predicted molar refractivity (Wildman–Crippen MR) is 90.2 cm³/mol. The fourth-order valence-electron chi connectivity index (χ4n) is 2.40. The number of tetrazole rings is 1. The molecule has 0 amide bonds. The van der Waals surface area contributed by atoms with Crippen LogP contribution in [-0.4, -0.2) is 30.4 Å². The zero-order chi connectivity index (χ0) is 17.2. The summed E-state index contributed by atoms with van der Waals surface area (Å²) in [6.07, 6.45) is 1.56. The van der Waals surface area contributed by atoms with E-state index in [9.17, 15) is 0 Å². The monoisotopic (exact) mass is 354 g/mol. The number of rotatable bonds is 5. The third-order valence-corrected chi connectivity index (χ3v) is 4.45. The number of aromatic nitrogens is 6. The summed E-state index contributed by atoms with van der Waals surface area (Å²) in [5.41, 5.74) is 3.24. The van der Waals surface area contributed by atoms with E-state index in [0.29, 0.717) is 28.5 Å². The van der Waals surface area contributed by atoms with Crippen molar-refractivity contribution in [3.8, 4) is 17.3 Å². The third kappa shape index (κ3) is 3.18. The second kappa shape index (κ2) is 6.52. The molecule has 3 heterocycles. The number of benzene rings is 1. The lowest BCUT2D eigenvalue weighted by Gasteiger charge is -2.07. The van der Waals surface area contributed by atoms with Crippen LogP contribution in [0.3, 0.4) is 0 Å². The van der Waals surface area contributed by atoms with Gasteiger partial charge in [-0.1, -0.05) is 29.5 Å². The minimum absolute atomic E-state index is 0.356. The molecule has 0 saturated heterocycles. The molecule has 8 nitrogen and oxygen atoms in total. The van der Waals surface area contributed by atoms with Crippen molar-refractivity contribution in [2.45, 2.75) is 24.8 Å². The Kier molecular flexibility index (Phi) is 4.06. The molecular weight excluding hydrogens is 340 g/mol. The van der Waals surface area contributed by atoms with Crippen LogP contribution in [0.2, 0.25) is 0 Å². The molecule has 9 heteroatoms. The highest BCUT2D eigenvalue weighted by atomic mass is 32.2. The van der Waals surface area contributed by atoms with Gasteiger partial charge in [0.05, 0.1) is 17.7 Å². The average Bonchev–Trinajstić information content (AvgIpc) is 3.34. The Bertz CT molecular complexity index is 992. The van der Waals surface area contributed by atoms with Crippen LogP contribution in [0.15, 0.2) is 50.6 Å². The molecular formula is C16H14N6O2S. The van der Waals surface area contributed by atoms with Crippen molar-refractivity contribution < 1.29 is 8.83 Å². The first-order valence-electron chi connectivity index (χ1n) is 7.56. The minimum Gasteiger partial charge on any atom is -0.459 e. The third-order valence-electron chi connectivity index (χ3n) is 3.54. The van der Waals surface area contributed by atoms with Crippen LogP contribution in [0, 0.1) is 13.8 Å². The average molecular weight is 354 g/mol. The maximum atomic E-state index is 5.60. The van der Waals surface area contributed by atoms with Crippen molar-refractivity contribution in [3.63, 3.8) is 0 Å². The zero-order valence-corrected chi connectivity index (χ0v) is 14.4. The lowest BCUT2D eigenvalue weighted by Crippen LogP contribution is -2.02. The van der Waals surface area contributed by atoms with Gasteiger partial charge < -0.3 is 8.83 Å². The van der Waals surface area contributed by atoms with Crippen LogP contribution < -0.4 is 0 Å². The SMILES string of the molecule is Cc1ccc(-n2nnnc2SCc2nnc(-c3ccco3)o2)c(C)c1. The molecule has 4 rings (SSSR count). The number of thioether (sulfide) groups is 1. The van der Waals surface area contributed by atoms with Crippen LogP contribution in [0.4, 0.5) is 0 Å². The highest BCUT2D eigenvalue weighted by Crippen LogP contribution is 2.25. The molecule has 1 aromatic carbocycles. The molecule has 0 aliphatic carbocycles. The smallest absolute Gasteiger partial charge is 0.283 e. The summed E-state index contributed by atoms with van der Waals surface area (Å²) in [4.78, 5) is 0. The summed E-state index contributed by atoms with van der Waals surface area (Å²) < 4.78 is 12.6. The van der Waals surface area contributed by atoms with Gasteiger partial charge in [-0.25, -0.2) is 0 Å². The topological polar surface area (TPSA) is 95.7 Å². The molecule has 0 aliphatic heterocycles. The summed E-state index contributed by atoms with van der Waals surface area (Å²) in [5, 5.41) is 20.6. The Hall–Kier alpha value is -2.94. The second-order valence-electron chi connectivity index (χ2n) is 5.43. The van der Waals surface area contributed by atoms with Crippen LogP contribution in [0.5, 0.6) is 0 Å². The van der Waals surface area contributed by atoms with Crippen molar-refractivity contribution in [2.24, 2.45) is 0 Å². The van der Waals surface area contributed by atoms with Crippen molar-refractivity contribution in [3.05, 3.63) is 53.6 Å². The molecule has 0 N–H and O–H groups in total. The van der Waals surface area contributed by atoms with Crippen molar-refractivity contribution in [1.29, 1.82) is 0 Å². The molecule has 0 saturated carbocycles. The number of furan rings is 1. The summed E-state index contributed by atoms with van der Waals surface area (Å²) in [6.45, 7) is 4.09. The van der Waals surface area contributed by atoms with Gasteiger partial charge in [0.25, 0.3) is 5.89 Å². The van der Waals surface area contributed by atoms with Gasteiger partial charge in [-0.05, 0) is 48.0 Å². The van der Waals surface area contributed by atoms with Crippen LogP contribution in [-0.2, 0) is 5.75 Å². The molecule has 0 bridgehead atoms. The summed E-state index contributed by atoms with van der Waals surface area (Å²) in [7, 11) is 0. The number of nitrogens with zero attached hydrogens (tertiary/aromatic N) is 6. The Morgan fingerprint density at radius 1 is 1.12 bits per heavy atom. The number of aryl methyl sites for hydroxylation is 2. The van der Waals surface area contributed by atoms with Crippen LogP contribution in [0.25, 0.3) is 17.3 Å². The minimum atomic E-state index is 0.356. The molecule has 0 atom stereocenters. The molecule has 0 radical (unpaired) electrons. The Morgan fingerprint density at radius 3 is 2.84 bits per heavy atom. The van der Waals surface area contributed by atoms with Gasteiger partial charge in [-0.2, -0.15) is 4.68 Å². The van der Waals surface area contributed by atoms with E-state index in [4.69, 9.17) is 8.83 Å². The molecule has 0 unspecified atom stereocenters. The first kappa shape index (κ1) is 15.6. The molecule has 0 spiro atoms. The standard InChI is InChI=1S/C16H14N6O2S/c1-10-5-6-12(11(2)8-10)22-16(19-20-21-22)25-9-14-17-18-15(24-14)13-4-3-7-23-13/h3-8H,9H2,1-2H3. The van der Waals surface area contributed by atoms with Gasteiger partial charge in [-0.3, -0.25) is 0 Å². The first-order chi connectivity index (χ1) is 12.2. The lowest BCUT2D eigenvalue weighted by molar-refractivity contribution is 0.494. The molecule has 0 fully saturated rings. The van der Waals surface area contributed by atoms with Crippen LogP contribution in [0.1, 0.15) is 17.0 Å². The van der Waals surface area contributed by atoms with Crippen molar-refractivity contribution in [1.82, 2.24) is 30.4 Å². The van der Waals surface area contributed by atoms with Crippen LogP contribution >= 0.6 is 11.8 Å². The van der Waals surface area contributed by atoms with E-state index in [1.807, 2.05) is 19.1 Å². The first-order valence-corrected chi connectivity index (χ1v) is 8.54. The Morgan fingerprint density at radius 2 is 2.04 bits per heavy atom. The molecule has 0 aliphatic rings. The highest BCUT2D eigenvalue weighted by molar-refractivity contribution is 7.98. The van der Waals surface area contributed by atoms with E-state index in [0.717, 1.165) is 11.3 Å². The fraction of sp³-hybridized carbons (Fsp3) is 0.188. The van der Waals surface area contributed by atoms with Gasteiger partial charge in [0.2, 0.25) is 11.0 Å². The highest BCUT2D eigenvalue weighted by Gasteiger charge is 2.15. The summed E-state index contributed by atoms with van der Waals surface area (Å²) >= 11 is 1.43. The maximum absolute atomic E-state index is 5.60. The number of hydrogen-bond acceptors (Lipinski definition) is 8. The molecule has 126 valence electrons. The summed E-state index contributed by atoms with van der Waals surface area (Å²) in [5.74, 6) is 1.84. The summed E-state index contributed by atoms with van der Waals surface area (Å²) in [6, 6.07) is 9.68. The maximum Gasteiger partial charge on any atom is 0.283 e. The van der Waals surface area contributed by atoms with Crippen molar-refractivity contribution in [2.75, 3.05) is 0 Å². The number of hydrogen-bond donors (Lipinski definition) is 0. The molecule has 4 aromatic rings. The van der Waals surface area contributed by atoms with Gasteiger partial charge >= 0.3 is 0 Å². The van der Waals surface area contributed by atoms with E-state index in [1.54, 1.807) is 23.1 Å². The van der Waals surface area contributed by atoms with E-state index >= 15 is 0 Å². The van der Waals surface area contributed by atoms with Gasteiger partial charge in [0, 0.05) is 0 Å². The molecule has 25 heavy (non-hydrogen) atoms. The van der Waals surface area contributed by atoms with Gasteiger partial charge in [0.15, 0.2) is 5.76 Å². The van der Waals surface area contributed by atoms with E-state index in [1.165, 1.54) is 17.3 Å². The van der Waals surface area contributed by atoms with E-state index in [-0.39, 0.29) is 0 Å². The Balaban J connectivity index is 1.52. The zero-order valence-electron chi connectivity index (χ0n) is 13.6. The van der Waals surface area contributed by atoms with Crippen molar-refractivity contribution >= 4 is 11.8 Å². The fourth-order valence-corrected chi connectivity index (χ4v) is 3.12. The molecule has 3 aromatic heterocycles. The van der Waals surface area contributed by atoms with Gasteiger partial charge in [-0.15, -0.1) is 15.3 Å². The quantitative estimate of drug-likeness (QED) is 0.504. The van der Waals surface area contributed by atoms with E-state index < -0.39 is 0 Å². The van der Waals surface area contributed by atoms with Gasteiger partial charge in [0.1, 0.15) is 0 Å².